The van der Waals surface area contributed by atoms with Crippen molar-refractivity contribution in [1.29, 1.82) is 0 Å². The van der Waals surface area contributed by atoms with Gasteiger partial charge in [-0.2, -0.15) is 5.10 Å². The lowest BCUT2D eigenvalue weighted by Crippen LogP contribution is -2.20. The number of hydrazone groups is 1. The van der Waals surface area contributed by atoms with Gasteiger partial charge in [-0.3, -0.25) is 19.5 Å². The van der Waals surface area contributed by atoms with Crippen molar-refractivity contribution < 1.29 is 9.72 Å². The molecule has 0 unspecified atom stereocenters. The summed E-state index contributed by atoms with van der Waals surface area (Å²) in [4.78, 5) is 22.8. The molecular weight excluding hydrogens is 511 g/mol. The summed E-state index contributed by atoms with van der Waals surface area (Å²) >= 11 is 13.4. The van der Waals surface area contributed by atoms with E-state index in [0.29, 0.717) is 20.8 Å². The van der Waals surface area contributed by atoms with Crippen LogP contribution in [0.1, 0.15) is 43.7 Å². The maximum Gasteiger partial charge on any atom is 0.270 e. The molecule has 1 saturated carbocycles. The van der Waals surface area contributed by atoms with Crippen LogP contribution >= 0.6 is 35.0 Å². The van der Waals surface area contributed by atoms with Gasteiger partial charge in [0.1, 0.15) is 0 Å². The first-order valence-corrected chi connectivity index (χ1v) is 12.8. The number of halogens is 2. The molecule has 9 nitrogen and oxygen atoms in total. The van der Waals surface area contributed by atoms with E-state index in [9.17, 15) is 14.9 Å². The summed E-state index contributed by atoms with van der Waals surface area (Å²) in [5.41, 5.74) is 3.57. The first-order chi connectivity index (χ1) is 16.9. The Bertz CT molecular complexity index is 1240. The number of rotatable bonds is 8. The van der Waals surface area contributed by atoms with Crippen molar-refractivity contribution in [3.63, 3.8) is 0 Å². The van der Waals surface area contributed by atoms with Gasteiger partial charge in [-0.15, -0.1) is 10.2 Å². The van der Waals surface area contributed by atoms with Crippen molar-refractivity contribution >= 4 is 52.8 Å². The van der Waals surface area contributed by atoms with E-state index < -0.39 is 4.92 Å². The van der Waals surface area contributed by atoms with E-state index in [0.717, 1.165) is 37.1 Å². The van der Waals surface area contributed by atoms with Crippen molar-refractivity contribution in [2.75, 3.05) is 5.75 Å². The summed E-state index contributed by atoms with van der Waals surface area (Å²) in [6.07, 6.45) is 6.84. The number of hydrogen-bond acceptors (Lipinski definition) is 7. The minimum atomic E-state index is -0.524. The number of nitro benzene ring substituents is 1. The molecular formula is C23H22Cl2N6O3S. The summed E-state index contributed by atoms with van der Waals surface area (Å²) in [6.45, 7) is 0. The fraction of sp³-hybridized carbons (Fsp3) is 0.304. The van der Waals surface area contributed by atoms with E-state index in [4.69, 9.17) is 23.2 Å². The van der Waals surface area contributed by atoms with Crippen LogP contribution < -0.4 is 5.43 Å². The molecule has 1 aliphatic rings. The van der Waals surface area contributed by atoms with Crippen LogP contribution in [0.3, 0.4) is 0 Å². The quantitative estimate of drug-likeness (QED) is 0.167. The molecule has 12 heteroatoms. The highest BCUT2D eigenvalue weighted by Gasteiger charge is 2.24. The van der Waals surface area contributed by atoms with Gasteiger partial charge in [-0.05, 0) is 43.2 Å². The van der Waals surface area contributed by atoms with E-state index in [1.807, 2.05) is 24.3 Å². The van der Waals surface area contributed by atoms with Gasteiger partial charge in [0.2, 0.25) is 0 Å². The molecule has 0 radical (unpaired) electrons. The molecule has 1 fully saturated rings. The van der Waals surface area contributed by atoms with E-state index in [1.165, 1.54) is 42.6 Å². The SMILES string of the molecule is O=C(CSc1nnc(-c2ccc(Cl)cc2)n1C1CCCCC1)NN=Cc1cc([N+](=O)[O-])ccc1Cl. The van der Waals surface area contributed by atoms with Crippen LogP contribution in [0, 0.1) is 10.1 Å². The van der Waals surface area contributed by atoms with Gasteiger partial charge in [0.25, 0.3) is 11.6 Å². The van der Waals surface area contributed by atoms with Gasteiger partial charge in [0.15, 0.2) is 11.0 Å². The lowest BCUT2D eigenvalue weighted by molar-refractivity contribution is -0.384. The standard InChI is InChI=1S/C23H22Cl2N6O3S/c24-17-8-6-15(7-9-17)22-28-29-23(30(22)18-4-2-1-3-5-18)35-14-21(32)27-26-13-16-12-19(31(33)34)10-11-20(16)25/h6-13,18H,1-5,14H2,(H,27,32). The van der Waals surface area contributed by atoms with Gasteiger partial charge in [0, 0.05) is 39.3 Å². The number of nitrogens with one attached hydrogen (secondary N) is 1. The number of nitrogens with zero attached hydrogens (tertiary/aromatic N) is 5. The third-order valence-electron chi connectivity index (χ3n) is 5.62. The second-order valence-corrected chi connectivity index (χ2v) is 9.81. The molecule has 1 amide bonds. The van der Waals surface area contributed by atoms with Crippen molar-refractivity contribution in [2.24, 2.45) is 5.10 Å². The van der Waals surface area contributed by atoms with Crippen molar-refractivity contribution in [2.45, 2.75) is 43.3 Å². The van der Waals surface area contributed by atoms with Crippen LogP contribution in [-0.4, -0.2) is 37.6 Å². The Labute approximate surface area is 216 Å². The number of thioether (sulfide) groups is 1. The minimum absolute atomic E-state index is 0.0749. The summed E-state index contributed by atoms with van der Waals surface area (Å²) in [7, 11) is 0. The highest BCUT2D eigenvalue weighted by Crippen LogP contribution is 2.35. The lowest BCUT2D eigenvalue weighted by atomic mass is 9.95. The topological polar surface area (TPSA) is 115 Å². The maximum atomic E-state index is 12.4. The van der Waals surface area contributed by atoms with Gasteiger partial charge in [-0.25, -0.2) is 5.43 Å². The third-order valence-corrected chi connectivity index (χ3v) is 7.16. The van der Waals surface area contributed by atoms with Crippen LogP contribution in [0.15, 0.2) is 52.7 Å². The number of non-ortho nitro benzene ring substituents is 1. The molecule has 182 valence electrons. The molecule has 0 spiro atoms. The smallest absolute Gasteiger partial charge is 0.270 e. The van der Waals surface area contributed by atoms with Crippen LogP contribution in [0.4, 0.5) is 5.69 Å². The van der Waals surface area contributed by atoms with Crippen molar-refractivity contribution in [1.82, 2.24) is 20.2 Å². The van der Waals surface area contributed by atoms with Crippen LogP contribution in [-0.2, 0) is 4.79 Å². The Kier molecular flexibility index (Phi) is 8.37. The number of hydrogen-bond donors (Lipinski definition) is 1. The average Bonchev–Trinajstić information content (AvgIpc) is 3.28. The number of nitro groups is 1. The van der Waals surface area contributed by atoms with Gasteiger partial charge in [-0.1, -0.05) is 54.2 Å². The van der Waals surface area contributed by atoms with E-state index in [1.54, 1.807) is 0 Å². The fourth-order valence-electron chi connectivity index (χ4n) is 3.92. The second-order valence-electron chi connectivity index (χ2n) is 8.02. The number of carbonyl (C=O) groups is 1. The normalized spacial score (nSPS) is 14.3. The summed E-state index contributed by atoms with van der Waals surface area (Å²) in [6, 6.07) is 11.7. The molecule has 0 aliphatic heterocycles. The largest absolute Gasteiger partial charge is 0.299 e. The maximum absolute atomic E-state index is 12.4. The molecule has 3 aromatic rings. The zero-order chi connectivity index (χ0) is 24.8. The average molecular weight is 533 g/mol. The number of benzene rings is 2. The van der Waals surface area contributed by atoms with Crippen LogP contribution in [0.2, 0.25) is 10.0 Å². The highest BCUT2D eigenvalue weighted by atomic mass is 35.5. The molecule has 1 aliphatic carbocycles. The Morgan fingerprint density at radius 3 is 2.63 bits per heavy atom. The Morgan fingerprint density at radius 2 is 1.91 bits per heavy atom. The summed E-state index contributed by atoms with van der Waals surface area (Å²) in [5, 5.41) is 25.2. The Hall–Kier alpha value is -2.95. The number of aromatic nitrogens is 3. The molecule has 1 heterocycles. The molecule has 1 aromatic heterocycles. The Balaban J connectivity index is 1.45. The molecule has 4 rings (SSSR count). The number of amides is 1. The molecule has 35 heavy (non-hydrogen) atoms. The monoisotopic (exact) mass is 532 g/mol. The molecule has 0 saturated heterocycles. The van der Waals surface area contributed by atoms with Crippen molar-refractivity contribution in [3.8, 4) is 11.4 Å². The van der Waals surface area contributed by atoms with E-state index in [-0.39, 0.29) is 23.4 Å². The third kappa shape index (κ3) is 6.39. The Morgan fingerprint density at radius 1 is 1.17 bits per heavy atom. The first-order valence-electron chi connectivity index (χ1n) is 11.0. The van der Waals surface area contributed by atoms with Gasteiger partial charge in [0.05, 0.1) is 16.9 Å². The second kappa shape index (κ2) is 11.7. The van der Waals surface area contributed by atoms with E-state index in [2.05, 4.69) is 25.3 Å². The zero-order valence-electron chi connectivity index (χ0n) is 18.6. The number of carbonyl (C=O) groups excluding carboxylic acids is 1. The fourth-order valence-corrected chi connectivity index (χ4v) is 5.01. The molecule has 0 atom stereocenters. The minimum Gasteiger partial charge on any atom is -0.299 e. The van der Waals surface area contributed by atoms with Gasteiger partial charge >= 0.3 is 0 Å². The first kappa shape index (κ1) is 25.2. The molecule has 2 aromatic carbocycles. The zero-order valence-corrected chi connectivity index (χ0v) is 20.9. The highest BCUT2D eigenvalue weighted by molar-refractivity contribution is 7.99. The van der Waals surface area contributed by atoms with Crippen molar-refractivity contribution in [3.05, 3.63) is 68.2 Å². The lowest BCUT2D eigenvalue weighted by Gasteiger charge is -2.25. The summed E-state index contributed by atoms with van der Waals surface area (Å²) in [5.74, 6) is 0.486. The van der Waals surface area contributed by atoms with Crippen LogP contribution in [0.25, 0.3) is 11.4 Å². The predicted molar refractivity (Wildman–Crippen MR) is 137 cm³/mol. The summed E-state index contributed by atoms with van der Waals surface area (Å²) < 4.78 is 2.13. The molecule has 0 bridgehead atoms. The molecule has 1 N–H and O–H groups in total. The van der Waals surface area contributed by atoms with E-state index >= 15 is 0 Å². The van der Waals surface area contributed by atoms with Crippen LogP contribution in [0.5, 0.6) is 0 Å². The van der Waals surface area contributed by atoms with Gasteiger partial charge < -0.3 is 0 Å². The predicted octanol–water partition coefficient (Wildman–Crippen LogP) is 5.91.